The summed E-state index contributed by atoms with van der Waals surface area (Å²) in [6.45, 7) is 1.45. The van der Waals surface area contributed by atoms with E-state index in [9.17, 15) is 32.3 Å². The topological polar surface area (TPSA) is 108 Å². The molecule has 4 rings (SSSR count). The van der Waals surface area contributed by atoms with Crippen molar-refractivity contribution in [3.8, 4) is 0 Å². The third kappa shape index (κ3) is 9.93. The number of carbonyl (C=O) groups is 4. The molecule has 0 unspecified atom stereocenters. The SMILES string of the molecule is CCOCCN1CC(=O)N[C@@H](Cc2ccc(Cl)c(Cl)c2)C(=O)N(CCc2ccc(C(F)(F)F)cc2)CC(=O)Nc2ccccc2C1=O. The number of nitrogens with zero attached hydrogens (tertiary/aromatic N) is 2. The first kappa shape index (κ1) is 35.7. The molecule has 0 radical (unpaired) electrons. The molecule has 2 N–H and O–H groups in total. The fourth-order valence-corrected chi connectivity index (χ4v) is 5.33. The van der Waals surface area contributed by atoms with Crippen LogP contribution in [0.1, 0.15) is 34.0 Å². The van der Waals surface area contributed by atoms with Crippen LogP contribution in [0, 0.1) is 0 Å². The molecule has 1 atom stereocenters. The number of fused-ring (bicyclic) bond motifs is 1. The molecule has 0 bridgehead atoms. The number of halogens is 5. The summed E-state index contributed by atoms with van der Waals surface area (Å²) in [4.78, 5) is 57.2. The van der Waals surface area contributed by atoms with E-state index in [1.165, 1.54) is 34.1 Å². The Hall–Kier alpha value is -4.13. The lowest BCUT2D eigenvalue weighted by Gasteiger charge is -2.28. The van der Waals surface area contributed by atoms with Gasteiger partial charge in [-0.15, -0.1) is 0 Å². The number of alkyl halides is 3. The first-order valence-corrected chi connectivity index (χ1v) is 15.6. The molecule has 1 aliphatic heterocycles. The molecule has 0 saturated heterocycles. The summed E-state index contributed by atoms with van der Waals surface area (Å²) in [5.74, 6) is -2.40. The van der Waals surface area contributed by atoms with E-state index in [0.29, 0.717) is 22.8 Å². The van der Waals surface area contributed by atoms with E-state index in [1.807, 2.05) is 0 Å². The van der Waals surface area contributed by atoms with Gasteiger partial charge in [-0.1, -0.05) is 53.5 Å². The molecule has 0 aromatic heterocycles. The van der Waals surface area contributed by atoms with Gasteiger partial charge in [-0.3, -0.25) is 19.2 Å². The van der Waals surface area contributed by atoms with Gasteiger partial charge < -0.3 is 25.2 Å². The van der Waals surface area contributed by atoms with Gasteiger partial charge in [0.25, 0.3) is 5.91 Å². The highest BCUT2D eigenvalue weighted by Gasteiger charge is 2.32. The average Bonchev–Trinajstić information content (AvgIpc) is 3.03. The Morgan fingerprint density at radius 2 is 1.53 bits per heavy atom. The van der Waals surface area contributed by atoms with Crippen LogP contribution in [0.3, 0.4) is 0 Å². The fraction of sp³-hybridized carbons (Fsp3) is 0.333. The standard InChI is InChI=1S/C33H33Cl2F3N4O5/c1-2-47-16-15-42-20-30(44)40-28(18-22-9-12-25(34)26(35)17-22)32(46)41(14-13-21-7-10-23(11-8-21)33(36,37)38)19-29(43)39-27-6-4-3-5-24(27)31(42)45/h3-12,17,28H,2,13-16,18-20H2,1H3,(H,39,43)(H,40,44)/t28-/m0/s1. The van der Waals surface area contributed by atoms with Gasteiger partial charge >= 0.3 is 6.18 Å². The zero-order chi connectivity index (χ0) is 34.1. The summed E-state index contributed by atoms with van der Waals surface area (Å²) in [7, 11) is 0. The highest BCUT2D eigenvalue weighted by Crippen LogP contribution is 2.29. The summed E-state index contributed by atoms with van der Waals surface area (Å²) >= 11 is 12.3. The number of rotatable bonds is 9. The van der Waals surface area contributed by atoms with Crippen LogP contribution in [-0.4, -0.2) is 78.9 Å². The minimum absolute atomic E-state index is 0.0347. The Bertz CT molecular complexity index is 1600. The van der Waals surface area contributed by atoms with Crippen LogP contribution in [0.4, 0.5) is 18.9 Å². The van der Waals surface area contributed by atoms with Crippen LogP contribution < -0.4 is 10.6 Å². The molecule has 3 aromatic carbocycles. The lowest BCUT2D eigenvalue weighted by molar-refractivity contribution is -0.138. The van der Waals surface area contributed by atoms with Gasteiger partial charge in [-0.25, -0.2) is 0 Å². The van der Waals surface area contributed by atoms with Gasteiger partial charge in [0.15, 0.2) is 0 Å². The zero-order valence-electron chi connectivity index (χ0n) is 25.4. The lowest BCUT2D eigenvalue weighted by atomic mass is 10.0. The maximum Gasteiger partial charge on any atom is 0.416 e. The van der Waals surface area contributed by atoms with Crippen LogP contribution in [0.15, 0.2) is 66.7 Å². The molecule has 3 aromatic rings. The Morgan fingerprint density at radius 3 is 2.21 bits per heavy atom. The minimum atomic E-state index is -4.51. The fourth-order valence-electron chi connectivity index (χ4n) is 5.01. The number of amides is 4. The molecule has 14 heteroatoms. The monoisotopic (exact) mass is 692 g/mol. The second-order valence-electron chi connectivity index (χ2n) is 10.8. The molecule has 0 spiro atoms. The zero-order valence-corrected chi connectivity index (χ0v) is 26.9. The Labute approximate surface area is 279 Å². The van der Waals surface area contributed by atoms with Crippen molar-refractivity contribution in [2.24, 2.45) is 0 Å². The van der Waals surface area contributed by atoms with Crippen molar-refractivity contribution in [3.05, 3.63) is 99.0 Å². The van der Waals surface area contributed by atoms with Crippen LogP contribution in [0.5, 0.6) is 0 Å². The van der Waals surface area contributed by atoms with Gasteiger partial charge in [-0.2, -0.15) is 13.2 Å². The Kier molecular flexibility index (Phi) is 12.3. The van der Waals surface area contributed by atoms with Gasteiger partial charge in [0, 0.05) is 26.1 Å². The molecular formula is C33H33Cl2F3N4O5. The van der Waals surface area contributed by atoms with E-state index in [1.54, 1.807) is 37.3 Å². The Morgan fingerprint density at radius 1 is 0.851 bits per heavy atom. The van der Waals surface area contributed by atoms with E-state index >= 15 is 0 Å². The molecule has 1 aliphatic rings. The Balaban J connectivity index is 1.69. The van der Waals surface area contributed by atoms with Crippen LogP contribution in [-0.2, 0) is 38.1 Å². The third-order valence-corrected chi connectivity index (χ3v) is 8.16. The molecule has 0 aliphatic carbocycles. The predicted octanol–water partition coefficient (Wildman–Crippen LogP) is 5.24. The maximum atomic E-state index is 14.1. The number of ether oxygens (including phenoxy) is 1. The lowest BCUT2D eigenvalue weighted by Crippen LogP contribution is -2.53. The number of carbonyl (C=O) groups excluding carboxylic acids is 4. The second kappa shape index (κ2) is 16.1. The minimum Gasteiger partial charge on any atom is -0.380 e. The van der Waals surface area contributed by atoms with Gasteiger partial charge in [0.2, 0.25) is 17.7 Å². The van der Waals surface area contributed by atoms with Gasteiger partial charge in [-0.05, 0) is 60.9 Å². The van der Waals surface area contributed by atoms with Crippen LogP contribution >= 0.6 is 23.2 Å². The summed E-state index contributed by atoms with van der Waals surface area (Å²) < 4.78 is 44.7. The molecule has 0 fully saturated rings. The normalized spacial score (nSPS) is 16.5. The molecule has 250 valence electrons. The number of para-hydroxylation sites is 1. The summed E-state index contributed by atoms with van der Waals surface area (Å²) in [5.41, 5.74) is 0.573. The van der Waals surface area contributed by atoms with Crippen LogP contribution in [0.25, 0.3) is 0 Å². The van der Waals surface area contributed by atoms with Crippen molar-refractivity contribution in [2.75, 3.05) is 44.7 Å². The molecule has 9 nitrogen and oxygen atoms in total. The van der Waals surface area contributed by atoms with Crippen molar-refractivity contribution in [3.63, 3.8) is 0 Å². The van der Waals surface area contributed by atoms with Crippen LogP contribution in [0.2, 0.25) is 10.0 Å². The largest absolute Gasteiger partial charge is 0.416 e. The number of nitrogens with one attached hydrogen (secondary N) is 2. The maximum absolute atomic E-state index is 14.1. The number of benzene rings is 3. The molecule has 1 heterocycles. The van der Waals surface area contributed by atoms with E-state index in [0.717, 1.165) is 12.1 Å². The highest BCUT2D eigenvalue weighted by atomic mass is 35.5. The van der Waals surface area contributed by atoms with Crippen molar-refractivity contribution >= 4 is 52.5 Å². The van der Waals surface area contributed by atoms with E-state index in [-0.39, 0.29) is 48.8 Å². The second-order valence-corrected chi connectivity index (χ2v) is 11.6. The molecule has 4 amide bonds. The van der Waals surface area contributed by atoms with Crippen molar-refractivity contribution in [2.45, 2.75) is 32.0 Å². The first-order chi connectivity index (χ1) is 22.3. The van der Waals surface area contributed by atoms with E-state index in [4.69, 9.17) is 27.9 Å². The molecule has 0 saturated carbocycles. The third-order valence-electron chi connectivity index (χ3n) is 7.42. The quantitative estimate of drug-likeness (QED) is 0.298. The van der Waals surface area contributed by atoms with Gasteiger partial charge in [0.05, 0.1) is 46.6 Å². The van der Waals surface area contributed by atoms with E-state index < -0.39 is 54.5 Å². The molecular weight excluding hydrogens is 660 g/mol. The molecule has 47 heavy (non-hydrogen) atoms. The number of anilines is 1. The van der Waals surface area contributed by atoms with Crippen molar-refractivity contribution in [1.82, 2.24) is 15.1 Å². The van der Waals surface area contributed by atoms with E-state index in [2.05, 4.69) is 10.6 Å². The average molecular weight is 694 g/mol. The van der Waals surface area contributed by atoms with Gasteiger partial charge in [0.1, 0.15) is 6.04 Å². The summed E-state index contributed by atoms with van der Waals surface area (Å²) in [5, 5.41) is 5.95. The first-order valence-electron chi connectivity index (χ1n) is 14.8. The summed E-state index contributed by atoms with van der Waals surface area (Å²) in [6, 6.07) is 14.3. The highest BCUT2D eigenvalue weighted by molar-refractivity contribution is 6.42. The van der Waals surface area contributed by atoms with Crippen molar-refractivity contribution < 1.29 is 37.1 Å². The smallest absolute Gasteiger partial charge is 0.380 e. The van der Waals surface area contributed by atoms with Crippen molar-refractivity contribution in [1.29, 1.82) is 0 Å². The number of hydrogen-bond donors (Lipinski definition) is 2. The summed E-state index contributed by atoms with van der Waals surface area (Å²) in [6.07, 6.45) is -4.42. The number of hydrogen-bond acceptors (Lipinski definition) is 5. The predicted molar refractivity (Wildman–Crippen MR) is 171 cm³/mol.